The highest BCUT2D eigenvalue weighted by Crippen LogP contribution is 2.22. The van der Waals surface area contributed by atoms with E-state index in [1.54, 1.807) is 0 Å². The van der Waals surface area contributed by atoms with Gasteiger partial charge in [-0.25, -0.2) is 0 Å². The average molecular weight is 227 g/mol. The van der Waals surface area contributed by atoms with Crippen LogP contribution >= 0.6 is 0 Å². The van der Waals surface area contributed by atoms with Crippen molar-refractivity contribution in [1.29, 1.82) is 0 Å². The smallest absolute Gasteiger partial charge is 0.119 e. The minimum atomic E-state index is 0.0533. The largest absolute Gasteiger partial charge is 0.489 e. The Balaban J connectivity index is 2.13. The van der Waals surface area contributed by atoms with Crippen molar-refractivity contribution < 1.29 is 4.74 Å². The Hall–Kier alpha value is -1.80. The highest BCUT2D eigenvalue weighted by Gasteiger charge is 2.01. The lowest BCUT2D eigenvalue weighted by molar-refractivity contribution is 0.230. The van der Waals surface area contributed by atoms with E-state index in [9.17, 15) is 0 Å². The van der Waals surface area contributed by atoms with E-state index in [1.807, 2.05) is 37.3 Å². The maximum absolute atomic E-state index is 5.63. The SMILES string of the molecule is CC(CN)Oc1ccc(-c2ccccc2)cc1. The van der Waals surface area contributed by atoms with Crippen molar-refractivity contribution in [3.05, 3.63) is 54.6 Å². The van der Waals surface area contributed by atoms with Gasteiger partial charge >= 0.3 is 0 Å². The molecule has 2 aromatic carbocycles. The van der Waals surface area contributed by atoms with Gasteiger partial charge in [0.05, 0.1) is 0 Å². The van der Waals surface area contributed by atoms with E-state index in [2.05, 4.69) is 24.3 Å². The van der Waals surface area contributed by atoms with Crippen LogP contribution < -0.4 is 10.5 Å². The molecule has 0 aliphatic heterocycles. The molecule has 2 heteroatoms. The Labute approximate surface area is 102 Å². The maximum Gasteiger partial charge on any atom is 0.119 e. The third-order valence-electron chi connectivity index (χ3n) is 2.63. The second-order valence-electron chi connectivity index (χ2n) is 4.05. The van der Waals surface area contributed by atoms with Crippen molar-refractivity contribution in [2.45, 2.75) is 13.0 Å². The van der Waals surface area contributed by atoms with Gasteiger partial charge in [0.1, 0.15) is 11.9 Å². The molecule has 0 fully saturated rings. The van der Waals surface area contributed by atoms with Crippen LogP contribution in [0.4, 0.5) is 0 Å². The van der Waals surface area contributed by atoms with Gasteiger partial charge in [-0.3, -0.25) is 0 Å². The van der Waals surface area contributed by atoms with E-state index in [0.29, 0.717) is 6.54 Å². The third kappa shape index (κ3) is 3.08. The van der Waals surface area contributed by atoms with E-state index in [0.717, 1.165) is 5.75 Å². The first-order chi connectivity index (χ1) is 8.29. The summed E-state index contributed by atoms with van der Waals surface area (Å²) in [6, 6.07) is 18.4. The maximum atomic E-state index is 5.63. The van der Waals surface area contributed by atoms with E-state index < -0.39 is 0 Å². The molecule has 0 amide bonds. The molecule has 2 aromatic rings. The van der Waals surface area contributed by atoms with E-state index >= 15 is 0 Å². The van der Waals surface area contributed by atoms with Crippen LogP contribution in [0.5, 0.6) is 5.75 Å². The standard InChI is InChI=1S/C15H17NO/c1-12(11-16)17-15-9-7-14(8-10-15)13-5-3-2-4-6-13/h2-10,12H,11,16H2,1H3. The molecule has 0 spiro atoms. The summed E-state index contributed by atoms with van der Waals surface area (Å²) >= 11 is 0. The fourth-order valence-corrected chi connectivity index (χ4v) is 1.64. The van der Waals surface area contributed by atoms with E-state index in [4.69, 9.17) is 10.5 Å². The van der Waals surface area contributed by atoms with Crippen molar-refractivity contribution in [3.63, 3.8) is 0 Å². The van der Waals surface area contributed by atoms with Crippen LogP contribution in [0.25, 0.3) is 11.1 Å². The lowest BCUT2D eigenvalue weighted by atomic mass is 10.1. The Morgan fingerprint density at radius 3 is 2.12 bits per heavy atom. The molecule has 17 heavy (non-hydrogen) atoms. The van der Waals surface area contributed by atoms with Crippen molar-refractivity contribution in [2.75, 3.05) is 6.54 Å². The average Bonchev–Trinajstić information content (AvgIpc) is 2.40. The molecule has 0 aliphatic rings. The molecular formula is C15H17NO. The fourth-order valence-electron chi connectivity index (χ4n) is 1.64. The number of nitrogens with two attached hydrogens (primary N) is 1. The molecule has 0 aliphatic carbocycles. The van der Waals surface area contributed by atoms with Crippen LogP contribution in [0.2, 0.25) is 0 Å². The zero-order valence-electron chi connectivity index (χ0n) is 9.97. The summed E-state index contributed by atoms with van der Waals surface area (Å²) in [6.45, 7) is 2.49. The van der Waals surface area contributed by atoms with Gasteiger partial charge in [-0.2, -0.15) is 0 Å². The van der Waals surface area contributed by atoms with Gasteiger partial charge in [-0.15, -0.1) is 0 Å². The van der Waals surface area contributed by atoms with Gasteiger partial charge in [0.25, 0.3) is 0 Å². The zero-order valence-corrected chi connectivity index (χ0v) is 9.97. The van der Waals surface area contributed by atoms with E-state index in [-0.39, 0.29) is 6.10 Å². The first kappa shape index (κ1) is 11.7. The molecule has 2 nitrogen and oxygen atoms in total. The second kappa shape index (κ2) is 5.51. The number of hydrogen-bond donors (Lipinski definition) is 1. The van der Waals surface area contributed by atoms with Crippen LogP contribution in [0.1, 0.15) is 6.92 Å². The zero-order chi connectivity index (χ0) is 12.1. The number of rotatable bonds is 4. The highest BCUT2D eigenvalue weighted by molar-refractivity contribution is 5.63. The number of benzene rings is 2. The van der Waals surface area contributed by atoms with Gasteiger partial charge in [0.2, 0.25) is 0 Å². The summed E-state index contributed by atoms with van der Waals surface area (Å²) in [5.74, 6) is 0.864. The Kier molecular flexibility index (Phi) is 3.78. The molecule has 2 N–H and O–H groups in total. The molecule has 88 valence electrons. The summed E-state index contributed by atoms with van der Waals surface area (Å²) in [5, 5.41) is 0. The fraction of sp³-hybridized carbons (Fsp3) is 0.200. The molecule has 1 atom stereocenters. The van der Waals surface area contributed by atoms with Crippen LogP contribution in [0, 0.1) is 0 Å². The molecule has 0 saturated heterocycles. The summed E-state index contributed by atoms with van der Waals surface area (Å²) in [5.41, 5.74) is 7.92. The van der Waals surface area contributed by atoms with Crippen LogP contribution in [-0.2, 0) is 0 Å². The monoisotopic (exact) mass is 227 g/mol. The van der Waals surface area contributed by atoms with Crippen molar-refractivity contribution in [2.24, 2.45) is 5.73 Å². The topological polar surface area (TPSA) is 35.2 Å². The van der Waals surface area contributed by atoms with Gasteiger partial charge < -0.3 is 10.5 Å². The van der Waals surface area contributed by atoms with Crippen molar-refractivity contribution in [1.82, 2.24) is 0 Å². The lowest BCUT2D eigenvalue weighted by Gasteiger charge is -2.12. The molecule has 1 unspecified atom stereocenters. The van der Waals surface area contributed by atoms with Gasteiger partial charge in [-0.1, -0.05) is 42.5 Å². The predicted molar refractivity (Wildman–Crippen MR) is 71.0 cm³/mol. The summed E-state index contributed by atoms with van der Waals surface area (Å²) in [4.78, 5) is 0. The first-order valence-electron chi connectivity index (χ1n) is 5.82. The Bertz CT molecular complexity index is 450. The number of ether oxygens (including phenoxy) is 1. The van der Waals surface area contributed by atoms with Crippen molar-refractivity contribution in [3.8, 4) is 16.9 Å². The predicted octanol–water partition coefficient (Wildman–Crippen LogP) is 3.08. The molecule has 0 heterocycles. The number of hydrogen-bond acceptors (Lipinski definition) is 2. The normalized spacial score (nSPS) is 12.1. The van der Waals surface area contributed by atoms with Gasteiger partial charge in [-0.05, 0) is 30.2 Å². The highest BCUT2D eigenvalue weighted by atomic mass is 16.5. The molecule has 0 saturated carbocycles. The summed E-state index contributed by atoms with van der Waals surface area (Å²) < 4.78 is 5.63. The van der Waals surface area contributed by atoms with Gasteiger partial charge in [0.15, 0.2) is 0 Å². The summed E-state index contributed by atoms with van der Waals surface area (Å²) in [6.07, 6.45) is 0.0533. The Morgan fingerprint density at radius 1 is 0.941 bits per heavy atom. The minimum Gasteiger partial charge on any atom is -0.489 e. The molecular weight excluding hydrogens is 210 g/mol. The first-order valence-corrected chi connectivity index (χ1v) is 5.82. The molecule has 0 bridgehead atoms. The quantitative estimate of drug-likeness (QED) is 0.871. The second-order valence-corrected chi connectivity index (χ2v) is 4.05. The molecule has 0 radical (unpaired) electrons. The van der Waals surface area contributed by atoms with Gasteiger partial charge in [0, 0.05) is 6.54 Å². The van der Waals surface area contributed by atoms with E-state index in [1.165, 1.54) is 11.1 Å². The van der Waals surface area contributed by atoms with Crippen LogP contribution in [0.3, 0.4) is 0 Å². The van der Waals surface area contributed by atoms with Crippen LogP contribution in [0.15, 0.2) is 54.6 Å². The molecule has 2 rings (SSSR count). The summed E-state index contributed by atoms with van der Waals surface area (Å²) in [7, 11) is 0. The Morgan fingerprint density at radius 2 is 1.53 bits per heavy atom. The molecule has 0 aromatic heterocycles. The lowest BCUT2D eigenvalue weighted by Crippen LogP contribution is -2.22. The van der Waals surface area contributed by atoms with Crippen molar-refractivity contribution >= 4 is 0 Å². The van der Waals surface area contributed by atoms with Crippen LogP contribution in [-0.4, -0.2) is 12.6 Å². The third-order valence-corrected chi connectivity index (χ3v) is 2.63. The minimum absolute atomic E-state index is 0.0533.